The number of piperidine rings is 1. The molecule has 4 heterocycles. The number of benzene rings is 2. The largest absolute Gasteiger partial charge is 0.366 e. The second kappa shape index (κ2) is 14.8. The maximum Gasteiger partial charge on any atom is 0.290 e. The predicted octanol–water partition coefficient (Wildman–Crippen LogP) is 7.10. The van der Waals surface area contributed by atoms with E-state index in [2.05, 4.69) is 10.1 Å². The van der Waals surface area contributed by atoms with E-state index in [1.807, 2.05) is 0 Å². The second-order valence-corrected chi connectivity index (χ2v) is 14.0. The highest BCUT2D eigenvalue weighted by atomic mass is 19.3. The molecule has 10 nitrogen and oxygen atoms in total. The fourth-order valence-electron chi connectivity index (χ4n) is 7.61. The minimum absolute atomic E-state index is 0.0152. The first-order chi connectivity index (χ1) is 26.4. The fourth-order valence-corrected chi connectivity index (χ4v) is 7.61. The molecular weight excluding hydrogens is 763 g/mol. The first-order valence-electron chi connectivity index (χ1n) is 17.6. The number of rotatable bonds is 11. The number of ketones is 1. The molecule has 2 fully saturated rings. The molecule has 0 saturated carbocycles. The van der Waals surface area contributed by atoms with Gasteiger partial charge in [0.05, 0.1) is 30.0 Å². The molecule has 3 aliphatic rings. The van der Waals surface area contributed by atoms with E-state index in [1.165, 1.54) is 12.3 Å². The lowest BCUT2D eigenvalue weighted by atomic mass is 9.86. The number of primary amides is 1. The maximum absolute atomic E-state index is 15.2. The van der Waals surface area contributed by atoms with Crippen molar-refractivity contribution in [2.45, 2.75) is 75.0 Å². The number of nitrogens with two attached hydrogens (primary N) is 1. The minimum atomic E-state index is -4.08. The standard InChI is InChI=1S/C37H33F9N6O4/c38-22-12-19(13-23(39)16-22)11-21(14-24(53)18-52-31-28(30(50-52)32(41)42)36(43,44)3-4-37(31,45)46)29-26(20-1-2-27(40)25(15-20)33(47)54)17-48-34(49-29)51-7-5-35(6-8-51)55-9-10-56-35/h1-2,12-13,15-17,21,32H,3-11,14,18H2,(H2,47,54)/t21-/m1/s1. The number of Topliss-reactive ketones (excluding diaryl/α,β-unsaturated/α-hetero) is 1. The van der Waals surface area contributed by atoms with Gasteiger partial charge >= 0.3 is 0 Å². The summed E-state index contributed by atoms with van der Waals surface area (Å²) in [7, 11) is 0. The number of alkyl halides is 6. The van der Waals surface area contributed by atoms with Crippen molar-refractivity contribution in [2.24, 2.45) is 5.73 Å². The Bertz CT molecular complexity index is 2150. The van der Waals surface area contributed by atoms with Crippen LogP contribution in [0.5, 0.6) is 0 Å². The zero-order valence-corrected chi connectivity index (χ0v) is 29.3. The summed E-state index contributed by atoms with van der Waals surface area (Å²) in [5, 5.41) is 3.37. The molecule has 1 aliphatic carbocycles. The lowest BCUT2D eigenvalue weighted by Gasteiger charge is -2.37. The molecule has 1 atom stereocenters. The Labute approximate surface area is 312 Å². The van der Waals surface area contributed by atoms with Crippen molar-refractivity contribution in [3.63, 3.8) is 0 Å². The van der Waals surface area contributed by atoms with E-state index in [-0.39, 0.29) is 39.4 Å². The van der Waals surface area contributed by atoms with Crippen LogP contribution in [0, 0.1) is 17.5 Å². The van der Waals surface area contributed by atoms with Crippen molar-refractivity contribution in [3.8, 4) is 11.1 Å². The summed E-state index contributed by atoms with van der Waals surface area (Å²) in [4.78, 5) is 37.0. The quantitative estimate of drug-likeness (QED) is 0.160. The summed E-state index contributed by atoms with van der Waals surface area (Å²) in [6.07, 6.45) is -5.33. The van der Waals surface area contributed by atoms with Gasteiger partial charge in [-0.25, -0.2) is 40.7 Å². The Morgan fingerprint density at radius 1 is 0.875 bits per heavy atom. The van der Waals surface area contributed by atoms with Gasteiger partial charge in [0.15, 0.2) is 11.6 Å². The molecule has 0 unspecified atom stereocenters. The molecule has 2 aromatic heterocycles. The molecular formula is C37H33F9N6O4. The van der Waals surface area contributed by atoms with E-state index in [9.17, 15) is 40.3 Å². The first-order valence-corrected chi connectivity index (χ1v) is 17.6. The van der Waals surface area contributed by atoms with Gasteiger partial charge in [-0.15, -0.1) is 0 Å². The van der Waals surface area contributed by atoms with Crippen LogP contribution < -0.4 is 10.6 Å². The Balaban J connectivity index is 1.32. The van der Waals surface area contributed by atoms with Gasteiger partial charge in [-0.05, 0) is 41.8 Å². The number of carbonyl (C=O) groups is 2. The van der Waals surface area contributed by atoms with Crippen molar-refractivity contribution in [3.05, 3.63) is 93.8 Å². The zero-order valence-electron chi connectivity index (χ0n) is 29.3. The molecule has 2 saturated heterocycles. The molecule has 1 spiro atoms. The molecule has 2 aliphatic heterocycles. The van der Waals surface area contributed by atoms with Crippen molar-refractivity contribution >= 4 is 17.6 Å². The average Bonchev–Trinajstić information content (AvgIpc) is 3.76. The van der Waals surface area contributed by atoms with Gasteiger partial charge in [-0.1, -0.05) is 6.07 Å². The van der Waals surface area contributed by atoms with Crippen LogP contribution in [-0.4, -0.2) is 63.5 Å². The third-order valence-corrected chi connectivity index (χ3v) is 10.2. The Kier molecular flexibility index (Phi) is 10.4. The number of hydrogen-bond donors (Lipinski definition) is 1. The molecule has 0 radical (unpaired) electrons. The van der Waals surface area contributed by atoms with E-state index in [0.29, 0.717) is 45.2 Å². The summed E-state index contributed by atoms with van der Waals surface area (Å²) < 4.78 is 143. The van der Waals surface area contributed by atoms with Crippen molar-refractivity contribution in [2.75, 3.05) is 31.2 Å². The third kappa shape index (κ3) is 7.70. The average molecular weight is 797 g/mol. The number of nitrogens with zero attached hydrogens (tertiary/aromatic N) is 5. The Morgan fingerprint density at radius 2 is 1.54 bits per heavy atom. The van der Waals surface area contributed by atoms with Gasteiger partial charge in [0.2, 0.25) is 5.95 Å². The highest BCUT2D eigenvalue weighted by molar-refractivity contribution is 5.94. The van der Waals surface area contributed by atoms with Gasteiger partial charge in [0.1, 0.15) is 35.4 Å². The minimum Gasteiger partial charge on any atom is -0.366 e. The molecule has 7 rings (SSSR count). The topological polar surface area (TPSA) is 125 Å². The first kappa shape index (κ1) is 39.2. The highest BCUT2D eigenvalue weighted by Gasteiger charge is 2.55. The van der Waals surface area contributed by atoms with Crippen LogP contribution in [0.25, 0.3) is 11.1 Å². The number of amides is 1. The molecule has 2 N–H and O–H groups in total. The number of fused-ring (bicyclic) bond motifs is 1. The van der Waals surface area contributed by atoms with Crippen molar-refractivity contribution in [1.29, 1.82) is 0 Å². The van der Waals surface area contributed by atoms with Crippen LogP contribution in [0.1, 0.15) is 83.0 Å². The lowest BCUT2D eigenvalue weighted by molar-refractivity contribution is -0.169. The van der Waals surface area contributed by atoms with Crippen LogP contribution in [0.3, 0.4) is 0 Å². The molecule has 1 amide bonds. The second-order valence-electron chi connectivity index (χ2n) is 14.0. The fraction of sp³-hybridized carbons (Fsp3) is 0.432. The summed E-state index contributed by atoms with van der Waals surface area (Å²) in [5.41, 5.74) is 0.463. The smallest absolute Gasteiger partial charge is 0.290 e. The molecule has 2 aromatic carbocycles. The van der Waals surface area contributed by atoms with Gasteiger partial charge in [-0.2, -0.15) is 13.9 Å². The normalized spacial score (nSPS) is 19.0. The van der Waals surface area contributed by atoms with E-state index in [0.717, 1.165) is 24.3 Å². The van der Waals surface area contributed by atoms with Crippen LogP contribution in [0.2, 0.25) is 0 Å². The van der Waals surface area contributed by atoms with Gasteiger partial charge in [0, 0.05) is 68.9 Å². The van der Waals surface area contributed by atoms with Crippen molar-refractivity contribution < 1.29 is 58.6 Å². The molecule has 4 aromatic rings. The van der Waals surface area contributed by atoms with Gasteiger partial charge in [0.25, 0.3) is 24.2 Å². The SMILES string of the molecule is NC(=O)c1cc(-c2cnc(N3CCC4(CC3)OCCO4)nc2[C@@H](CC(=O)Cn2nc(C(F)F)c3c2C(F)(F)CCC3(F)F)Cc2cc(F)cc(F)c2)ccc1F. The summed E-state index contributed by atoms with van der Waals surface area (Å²) in [6.45, 7) is 0.368. The van der Waals surface area contributed by atoms with Crippen LogP contribution in [0.15, 0.2) is 42.6 Å². The summed E-state index contributed by atoms with van der Waals surface area (Å²) in [6, 6.07) is 5.92. The van der Waals surface area contributed by atoms with E-state index < -0.39 is 107 Å². The van der Waals surface area contributed by atoms with Gasteiger partial charge < -0.3 is 20.1 Å². The summed E-state index contributed by atoms with van der Waals surface area (Å²) in [5.74, 6) is -15.0. The Morgan fingerprint density at radius 3 is 2.18 bits per heavy atom. The lowest BCUT2D eigenvalue weighted by Crippen LogP contribution is -2.45. The number of carbonyl (C=O) groups excluding carboxylic acids is 2. The highest BCUT2D eigenvalue weighted by Crippen LogP contribution is 2.52. The van der Waals surface area contributed by atoms with E-state index in [4.69, 9.17) is 20.2 Å². The van der Waals surface area contributed by atoms with Crippen LogP contribution >= 0.6 is 0 Å². The molecule has 19 heteroatoms. The number of aromatic nitrogens is 4. The Hall–Kier alpha value is -5.04. The number of anilines is 1. The van der Waals surface area contributed by atoms with Gasteiger partial charge in [-0.3, -0.25) is 14.3 Å². The summed E-state index contributed by atoms with van der Waals surface area (Å²) >= 11 is 0. The monoisotopic (exact) mass is 796 g/mol. The number of hydrogen-bond acceptors (Lipinski definition) is 8. The molecule has 298 valence electrons. The van der Waals surface area contributed by atoms with Crippen molar-refractivity contribution in [1.82, 2.24) is 19.7 Å². The predicted molar refractivity (Wildman–Crippen MR) is 179 cm³/mol. The molecule has 0 bridgehead atoms. The van der Waals surface area contributed by atoms with Crippen LogP contribution in [-0.2, 0) is 39.1 Å². The van der Waals surface area contributed by atoms with E-state index >= 15 is 8.78 Å². The van der Waals surface area contributed by atoms with Crippen LogP contribution in [0.4, 0.5) is 45.5 Å². The maximum atomic E-state index is 15.2. The zero-order chi connectivity index (χ0) is 40.2. The number of ether oxygens (including phenoxy) is 2. The number of halogens is 9. The third-order valence-electron chi connectivity index (χ3n) is 10.2. The van der Waals surface area contributed by atoms with E-state index in [1.54, 1.807) is 4.90 Å². The molecule has 56 heavy (non-hydrogen) atoms.